The van der Waals surface area contributed by atoms with E-state index < -0.39 is 56.7 Å². The largest absolute Gasteiger partial charge is 0.397 e. The SMILES string of the molecule is C[C@@H]([C@H]1CC[C@H]2C3=C(CC[C@]12C)[C@@]12CO[C@](O)([C@@H](O)C1)C(C)(C)C2[C@@H](OS(=O)(=O)O)C3)[C@H]1C[C@@H]2C[C@@](C)(OC2(C)C)[C@H](CC[C@@H](C)[C@H]2CC[C@H]3c4ccc5c(c4CC[C@]23C)C[C@H](O)C(=O)C5(C)C)O1. The van der Waals surface area contributed by atoms with Crippen LogP contribution in [-0.4, -0.2) is 88.2 Å². The van der Waals surface area contributed by atoms with Crippen LogP contribution in [0.25, 0.3) is 0 Å². The molecule has 1 aromatic rings. The minimum Gasteiger partial charge on any atom is -0.387 e. The number of fused-ring (bicyclic) bond motifs is 11. The summed E-state index contributed by atoms with van der Waals surface area (Å²) < 4.78 is 61.8. The second kappa shape index (κ2) is 15.7. The lowest BCUT2D eigenvalue weighted by atomic mass is 9.42. The first-order valence-electron chi connectivity index (χ1n) is 27.2. The van der Waals surface area contributed by atoms with Crippen LogP contribution in [0.5, 0.6) is 0 Å². The highest BCUT2D eigenvalue weighted by Crippen LogP contribution is 2.72. The Bertz CT molecular complexity index is 2440. The summed E-state index contributed by atoms with van der Waals surface area (Å²) in [5, 5.41) is 34.1. The number of rotatable bonds is 8. The van der Waals surface area contributed by atoms with Gasteiger partial charge in [-0.15, -0.1) is 0 Å². The Morgan fingerprint density at radius 2 is 1.54 bits per heavy atom. The van der Waals surface area contributed by atoms with Gasteiger partial charge in [-0.25, -0.2) is 4.18 Å². The Kier molecular flexibility index (Phi) is 11.2. The van der Waals surface area contributed by atoms with Crippen molar-refractivity contribution in [1.82, 2.24) is 0 Å². The molecule has 4 aliphatic heterocycles. The van der Waals surface area contributed by atoms with Crippen molar-refractivity contribution >= 4 is 16.2 Å². The van der Waals surface area contributed by atoms with Gasteiger partial charge in [-0.3, -0.25) is 9.35 Å². The normalized spacial score (nSPS) is 47.6. The summed E-state index contributed by atoms with van der Waals surface area (Å²) in [5.74, 6) is 0.382. The maximum absolute atomic E-state index is 13.1. The number of carbonyl (C=O) groups is 1. The molecule has 4 heterocycles. The van der Waals surface area contributed by atoms with Crippen molar-refractivity contribution in [2.24, 2.45) is 63.1 Å². The maximum Gasteiger partial charge on any atom is 0.397 e. The van der Waals surface area contributed by atoms with Crippen LogP contribution in [-0.2, 0) is 51.8 Å². The zero-order valence-corrected chi connectivity index (χ0v) is 44.3. The summed E-state index contributed by atoms with van der Waals surface area (Å²) >= 11 is 0. The lowest BCUT2D eigenvalue weighted by Gasteiger charge is -2.69. The minimum absolute atomic E-state index is 0.0373. The molecular weight excluding hydrogens is 893 g/mol. The summed E-state index contributed by atoms with van der Waals surface area (Å²) in [7, 11) is -4.81. The molecule has 69 heavy (non-hydrogen) atoms. The van der Waals surface area contributed by atoms with Gasteiger partial charge in [0.15, 0.2) is 11.6 Å². The monoisotopic (exact) mass is 977 g/mol. The molecule has 1 aromatic carbocycles. The molecule has 11 aliphatic rings. The van der Waals surface area contributed by atoms with E-state index in [1.165, 1.54) is 40.7 Å². The average molecular weight is 977 g/mol. The van der Waals surface area contributed by atoms with Gasteiger partial charge in [0.05, 0.1) is 41.5 Å². The summed E-state index contributed by atoms with van der Waals surface area (Å²) in [6.45, 7) is 24.6. The summed E-state index contributed by atoms with van der Waals surface area (Å²) in [5.41, 5.74) is 4.73. The molecule has 4 N–H and O–H groups in total. The second-order valence-corrected chi connectivity index (χ2v) is 28.5. The molecule has 1 unspecified atom stereocenters. The molecule has 4 bridgehead atoms. The van der Waals surface area contributed by atoms with Crippen molar-refractivity contribution in [1.29, 1.82) is 0 Å². The van der Waals surface area contributed by atoms with Gasteiger partial charge in [-0.05, 0) is 199 Å². The quantitative estimate of drug-likeness (QED) is 0.145. The Hall–Kier alpha value is -1.74. The van der Waals surface area contributed by atoms with Gasteiger partial charge in [0.25, 0.3) is 0 Å². The van der Waals surface area contributed by atoms with Gasteiger partial charge < -0.3 is 29.5 Å². The molecule has 0 amide bonds. The molecule has 18 atom stereocenters. The first-order valence-corrected chi connectivity index (χ1v) is 28.5. The highest BCUT2D eigenvalue weighted by Gasteiger charge is 2.74. The molecule has 3 saturated carbocycles. The smallest absolute Gasteiger partial charge is 0.387 e. The van der Waals surface area contributed by atoms with E-state index in [1.807, 2.05) is 27.7 Å². The van der Waals surface area contributed by atoms with Crippen LogP contribution in [0.1, 0.15) is 188 Å². The highest BCUT2D eigenvalue weighted by molar-refractivity contribution is 7.80. The predicted molar refractivity (Wildman–Crippen MR) is 261 cm³/mol. The zero-order valence-electron chi connectivity index (χ0n) is 43.5. The molecule has 7 aliphatic carbocycles. The van der Waals surface area contributed by atoms with Gasteiger partial charge >= 0.3 is 10.4 Å². The van der Waals surface area contributed by atoms with Gasteiger partial charge in [0.2, 0.25) is 0 Å². The number of benzene rings is 1. The molecule has 0 radical (unpaired) electrons. The maximum atomic E-state index is 13.1. The summed E-state index contributed by atoms with van der Waals surface area (Å²) in [6.07, 6.45) is 10.4. The number of ketones is 1. The molecule has 0 aromatic heterocycles. The number of ether oxygens (including phenoxy) is 3. The molecule has 11 nitrogen and oxygen atoms in total. The number of aliphatic hydroxyl groups is 3. The summed E-state index contributed by atoms with van der Waals surface area (Å²) in [4.78, 5) is 13.1. The van der Waals surface area contributed by atoms with E-state index in [1.54, 1.807) is 0 Å². The predicted octanol–water partition coefficient (Wildman–Crippen LogP) is 9.51. The molecule has 7 fully saturated rings. The van der Waals surface area contributed by atoms with Gasteiger partial charge in [-0.2, -0.15) is 8.42 Å². The van der Waals surface area contributed by atoms with Crippen LogP contribution >= 0.6 is 0 Å². The van der Waals surface area contributed by atoms with Crippen LogP contribution in [0, 0.1) is 63.1 Å². The third-order valence-electron chi connectivity index (χ3n) is 23.2. The Labute approximate surface area is 412 Å². The van der Waals surface area contributed by atoms with E-state index in [9.17, 15) is 33.1 Å². The molecule has 4 saturated heterocycles. The van der Waals surface area contributed by atoms with Crippen molar-refractivity contribution in [2.75, 3.05) is 6.61 Å². The van der Waals surface area contributed by atoms with Crippen molar-refractivity contribution in [3.05, 3.63) is 45.5 Å². The number of carbonyl (C=O) groups excluding carboxylic acids is 1. The second-order valence-electron chi connectivity index (χ2n) is 27.4. The third kappa shape index (κ3) is 6.89. The highest BCUT2D eigenvalue weighted by atomic mass is 32.3. The number of aliphatic hydroxyl groups excluding tert-OH is 2. The number of hydrogen-bond donors (Lipinski definition) is 4. The fourth-order valence-electron chi connectivity index (χ4n) is 19.8. The van der Waals surface area contributed by atoms with Gasteiger partial charge in [0.1, 0.15) is 12.2 Å². The van der Waals surface area contributed by atoms with E-state index in [0.717, 1.165) is 69.8 Å². The fourth-order valence-corrected chi connectivity index (χ4v) is 20.3. The Morgan fingerprint density at radius 3 is 2.25 bits per heavy atom. The van der Waals surface area contributed by atoms with Crippen molar-refractivity contribution in [3.8, 4) is 0 Å². The van der Waals surface area contributed by atoms with Crippen LogP contribution in [0.4, 0.5) is 0 Å². The third-order valence-corrected chi connectivity index (χ3v) is 23.7. The lowest BCUT2D eigenvalue weighted by molar-refractivity contribution is -0.408. The Balaban J connectivity index is 0.833. The molecule has 1 spiro atoms. The van der Waals surface area contributed by atoms with Crippen LogP contribution in [0.2, 0.25) is 0 Å². The number of hydrogen-bond acceptors (Lipinski definition) is 10. The van der Waals surface area contributed by atoms with E-state index in [4.69, 9.17) is 18.4 Å². The molecule has 12 rings (SSSR count). The topological polar surface area (TPSA) is 169 Å². The standard InChI is InChI=1S/C57H84O11S/c1-30(37-15-17-40-34-13-14-39-35(33(34)20-22-53(37,40)9)25-43(58)49(60)50(39,3)4)12-19-47-55(11)27-32(52(7,8)68-55)24-44(66-47)31(2)38-16-18-41-36-26-45(67-69(62,63)64)48-51(5,6)57(61)46(59)28-56(48,29-65-57)42(36)21-23-54(38,41)10/h13-14,30-32,37-38,40-41,43-48,58-59,61H,12,15-29H2,1-11H3,(H,62,63,64)/t30-,31+,32-,37-,38-,40+,41+,43+,44-,45+,46+,47+,48?,53-,54-,55-,56+,57-/m1/s1. The summed E-state index contributed by atoms with van der Waals surface area (Å²) in [6, 6.07) is 4.56. The van der Waals surface area contributed by atoms with Crippen LogP contribution < -0.4 is 0 Å². The molecule has 12 heteroatoms. The first-order chi connectivity index (χ1) is 32.0. The first kappa shape index (κ1) is 49.5. The lowest BCUT2D eigenvalue weighted by Crippen LogP contribution is -2.76. The van der Waals surface area contributed by atoms with Crippen LogP contribution in [0.15, 0.2) is 23.3 Å². The average Bonchev–Trinajstić information content (AvgIpc) is 3.84. The van der Waals surface area contributed by atoms with Crippen molar-refractivity contribution in [3.63, 3.8) is 0 Å². The Morgan fingerprint density at radius 1 is 0.855 bits per heavy atom. The van der Waals surface area contributed by atoms with Crippen molar-refractivity contribution in [2.45, 2.75) is 231 Å². The fraction of sp³-hybridized carbons (Fsp3) is 0.842. The molecular formula is C57H84O11S. The zero-order chi connectivity index (χ0) is 49.6. The van der Waals surface area contributed by atoms with Crippen LogP contribution in [0.3, 0.4) is 0 Å². The minimum atomic E-state index is -4.81. The van der Waals surface area contributed by atoms with E-state index in [2.05, 4.69) is 60.6 Å². The van der Waals surface area contributed by atoms with Crippen molar-refractivity contribution < 1.29 is 51.5 Å². The van der Waals surface area contributed by atoms with Gasteiger partial charge in [0, 0.05) is 23.2 Å². The van der Waals surface area contributed by atoms with Gasteiger partial charge in [-0.1, -0.05) is 64.8 Å². The van der Waals surface area contributed by atoms with E-state index >= 15 is 0 Å². The van der Waals surface area contributed by atoms with E-state index in [-0.39, 0.29) is 64.9 Å². The van der Waals surface area contributed by atoms with E-state index in [0.29, 0.717) is 42.4 Å². The molecule has 384 valence electrons. The number of Topliss-reactive ketones (excluding diaryl/α,β-unsaturated/α-hetero) is 1.